The zero-order chi connectivity index (χ0) is 17.5. The Labute approximate surface area is 154 Å². The third-order valence-corrected chi connectivity index (χ3v) is 7.16. The summed E-state index contributed by atoms with van der Waals surface area (Å²) in [5.74, 6) is 0.456. The van der Waals surface area contributed by atoms with Crippen molar-refractivity contribution in [2.45, 2.75) is 12.1 Å². The van der Waals surface area contributed by atoms with E-state index in [4.69, 9.17) is 0 Å². The first-order chi connectivity index (χ1) is 11.3. The highest BCUT2D eigenvalue weighted by Gasteiger charge is 2.47. The summed E-state index contributed by atoms with van der Waals surface area (Å²) < 4.78 is 24.9. The molecule has 0 saturated carbocycles. The first-order valence-electron chi connectivity index (χ1n) is 7.43. The number of fused-ring (bicyclic) bond motifs is 1. The summed E-state index contributed by atoms with van der Waals surface area (Å²) >= 11 is 4.81. The second-order valence-electron chi connectivity index (χ2n) is 6.05. The smallest absolute Gasteiger partial charge is 0.232 e. The molecule has 1 aromatic rings. The van der Waals surface area contributed by atoms with Gasteiger partial charge in [0.2, 0.25) is 5.91 Å². The summed E-state index contributed by atoms with van der Waals surface area (Å²) in [4.78, 5) is 20.0. The molecule has 2 atom stereocenters. The number of amides is 1. The minimum Gasteiger partial charge on any atom is -0.348 e. The minimum atomic E-state index is -3.07. The van der Waals surface area contributed by atoms with Gasteiger partial charge in [-0.1, -0.05) is 33.8 Å². The Balaban J connectivity index is 1.89. The highest BCUT2D eigenvalue weighted by atomic mass is 79.9. The average Bonchev–Trinajstić information content (AvgIpc) is 2.95. The molecule has 0 aromatic heterocycles. The number of halogens is 1. The van der Waals surface area contributed by atoms with Crippen molar-refractivity contribution in [1.82, 2.24) is 4.90 Å². The van der Waals surface area contributed by atoms with Gasteiger partial charge in [0.1, 0.15) is 0 Å². The van der Waals surface area contributed by atoms with E-state index in [1.165, 1.54) is 16.7 Å². The number of amidine groups is 1. The fraction of sp³-hybridized carbons (Fsp3) is 0.467. The number of benzene rings is 1. The van der Waals surface area contributed by atoms with E-state index in [1.54, 1.807) is 14.1 Å². The summed E-state index contributed by atoms with van der Waals surface area (Å²) in [5.41, 5.74) is 0.887. The lowest BCUT2D eigenvalue weighted by Gasteiger charge is -2.26. The Morgan fingerprint density at radius 2 is 2.17 bits per heavy atom. The predicted molar refractivity (Wildman–Crippen MR) is 101 cm³/mol. The van der Waals surface area contributed by atoms with E-state index < -0.39 is 9.84 Å². The van der Waals surface area contributed by atoms with E-state index >= 15 is 0 Å². The third kappa shape index (κ3) is 3.62. The molecular formula is C15H18BrN3O3S2. The highest BCUT2D eigenvalue weighted by molar-refractivity contribution is 9.10. The Kier molecular flexibility index (Phi) is 4.94. The molecule has 3 rings (SSSR count). The third-order valence-electron chi connectivity index (χ3n) is 4.02. The van der Waals surface area contributed by atoms with Gasteiger partial charge in [-0.3, -0.25) is 9.79 Å². The number of carbonyl (C=O) groups is 1. The first kappa shape index (κ1) is 17.8. The molecule has 0 radical (unpaired) electrons. The summed E-state index contributed by atoms with van der Waals surface area (Å²) in [6, 6.07) is 7.25. The molecule has 130 valence electrons. The molecule has 0 aliphatic carbocycles. The number of anilines is 1. The molecule has 1 amide bonds. The molecule has 1 saturated heterocycles. The van der Waals surface area contributed by atoms with Crippen LogP contribution in [0.5, 0.6) is 0 Å². The van der Waals surface area contributed by atoms with Crippen LogP contribution in [0.1, 0.15) is 0 Å². The Morgan fingerprint density at radius 1 is 1.42 bits per heavy atom. The lowest BCUT2D eigenvalue weighted by molar-refractivity contribution is -0.125. The lowest BCUT2D eigenvalue weighted by Crippen LogP contribution is -2.39. The number of rotatable bonds is 3. The number of hydrogen-bond acceptors (Lipinski definition) is 6. The van der Waals surface area contributed by atoms with Gasteiger partial charge in [0.25, 0.3) is 0 Å². The van der Waals surface area contributed by atoms with Crippen molar-refractivity contribution in [2.75, 3.05) is 36.3 Å². The van der Waals surface area contributed by atoms with Crippen LogP contribution in [-0.4, -0.2) is 67.8 Å². The van der Waals surface area contributed by atoms with Crippen LogP contribution < -0.4 is 4.90 Å². The second kappa shape index (κ2) is 6.68. The molecule has 2 aliphatic heterocycles. The van der Waals surface area contributed by atoms with Gasteiger partial charge in [0.05, 0.1) is 29.3 Å². The summed E-state index contributed by atoms with van der Waals surface area (Å²) in [6.07, 6.45) is 0. The molecule has 0 spiro atoms. The quantitative estimate of drug-likeness (QED) is 0.726. The number of carbonyl (C=O) groups excluding carboxylic acids is 1. The van der Waals surface area contributed by atoms with Crippen LogP contribution >= 0.6 is 27.7 Å². The number of sulfone groups is 1. The van der Waals surface area contributed by atoms with E-state index in [-0.39, 0.29) is 35.2 Å². The van der Waals surface area contributed by atoms with Gasteiger partial charge in [0, 0.05) is 24.3 Å². The summed E-state index contributed by atoms with van der Waals surface area (Å²) in [5, 5.41) is 0.716. The summed E-state index contributed by atoms with van der Waals surface area (Å²) in [7, 11) is 0.360. The highest BCUT2D eigenvalue weighted by Crippen LogP contribution is 2.35. The predicted octanol–water partition coefficient (Wildman–Crippen LogP) is 1.61. The maximum Gasteiger partial charge on any atom is 0.232 e. The van der Waals surface area contributed by atoms with E-state index in [0.29, 0.717) is 5.17 Å². The first-order valence-corrected chi connectivity index (χ1v) is 11.0. The maximum atomic E-state index is 12.0. The zero-order valence-electron chi connectivity index (χ0n) is 13.3. The largest absolute Gasteiger partial charge is 0.348 e. The van der Waals surface area contributed by atoms with Crippen LogP contribution in [0, 0.1) is 0 Å². The standard InChI is InChI=1S/C15H18BrN3O3S2/c1-18(2)14(20)7-23-15-17-12-8-24(21,22)9-13(12)19(15)11-5-3-4-10(16)6-11/h3-6,12-13H,7-9H2,1-2H3/t12-,13+/m0/s1. The Bertz CT molecular complexity index is 795. The molecule has 0 N–H and O–H groups in total. The molecule has 2 heterocycles. The zero-order valence-corrected chi connectivity index (χ0v) is 16.6. The minimum absolute atomic E-state index is 0.00146. The Morgan fingerprint density at radius 3 is 2.83 bits per heavy atom. The summed E-state index contributed by atoms with van der Waals surface area (Å²) in [6.45, 7) is 0. The van der Waals surface area contributed by atoms with Crippen LogP contribution in [0.3, 0.4) is 0 Å². The average molecular weight is 432 g/mol. The topological polar surface area (TPSA) is 70.0 Å². The molecule has 0 unspecified atom stereocenters. The fourth-order valence-corrected chi connectivity index (χ4v) is 6.15. The molecular weight excluding hydrogens is 414 g/mol. The van der Waals surface area contributed by atoms with Crippen LogP contribution in [0.4, 0.5) is 5.69 Å². The SMILES string of the molecule is CN(C)C(=O)CSC1=N[C@H]2CS(=O)(=O)C[C@H]2N1c1cccc(Br)c1. The van der Waals surface area contributed by atoms with Crippen LogP contribution in [0.15, 0.2) is 33.7 Å². The van der Waals surface area contributed by atoms with E-state index in [0.717, 1.165) is 10.2 Å². The van der Waals surface area contributed by atoms with Gasteiger partial charge in [0.15, 0.2) is 15.0 Å². The monoisotopic (exact) mass is 431 g/mol. The normalized spacial score (nSPS) is 24.6. The Hall–Kier alpha value is -1.06. The number of aliphatic imine (C=N–C) groups is 1. The van der Waals surface area contributed by atoms with Gasteiger partial charge in [-0.2, -0.15) is 0 Å². The van der Waals surface area contributed by atoms with Crippen molar-refractivity contribution < 1.29 is 13.2 Å². The fourth-order valence-electron chi connectivity index (χ4n) is 2.82. The van der Waals surface area contributed by atoms with Crippen molar-refractivity contribution in [1.29, 1.82) is 0 Å². The number of hydrogen-bond donors (Lipinski definition) is 0. The molecule has 6 nitrogen and oxygen atoms in total. The van der Waals surface area contributed by atoms with Crippen LogP contribution in [0.25, 0.3) is 0 Å². The van der Waals surface area contributed by atoms with E-state index in [1.807, 2.05) is 29.2 Å². The molecule has 2 aliphatic rings. The van der Waals surface area contributed by atoms with Crippen molar-refractivity contribution in [3.63, 3.8) is 0 Å². The van der Waals surface area contributed by atoms with Gasteiger partial charge in [-0.05, 0) is 18.2 Å². The van der Waals surface area contributed by atoms with Crippen LogP contribution in [0.2, 0.25) is 0 Å². The van der Waals surface area contributed by atoms with Crippen LogP contribution in [-0.2, 0) is 14.6 Å². The van der Waals surface area contributed by atoms with Gasteiger partial charge < -0.3 is 9.80 Å². The van der Waals surface area contributed by atoms with Gasteiger partial charge in [-0.25, -0.2) is 8.42 Å². The van der Waals surface area contributed by atoms with E-state index in [9.17, 15) is 13.2 Å². The maximum absolute atomic E-state index is 12.0. The van der Waals surface area contributed by atoms with Crippen molar-refractivity contribution in [2.24, 2.45) is 4.99 Å². The molecule has 0 bridgehead atoms. The number of nitrogens with zero attached hydrogens (tertiary/aromatic N) is 3. The molecule has 1 fully saturated rings. The van der Waals surface area contributed by atoms with Crippen molar-refractivity contribution in [3.8, 4) is 0 Å². The lowest BCUT2D eigenvalue weighted by atomic mass is 10.1. The number of thioether (sulfide) groups is 1. The molecule has 24 heavy (non-hydrogen) atoms. The van der Waals surface area contributed by atoms with Gasteiger partial charge >= 0.3 is 0 Å². The van der Waals surface area contributed by atoms with Gasteiger partial charge in [-0.15, -0.1) is 0 Å². The van der Waals surface area contributed by atoms with Crippen molar-refractivity contribution >= 4 is 54.3 Å². The van der Waals surface area contributed by atoms with E-state index in [2.05, 4.69) is 20.9 Å². The van der Waals surface area contributed by atoms with Crippen molar-refractivity contribution in [3.05, 3.63) is 28.7 Å². The second-order valence-corrected chi connectivity index (χ2v) is 10.1. The molecule has 1 aromatic carbocycles. The molecule has 9 heteroatoms.